The molecule has 1 aromatic rings. The number of rotatable bonds is 5. The lowest BCUT2D eigenvalue weighted by Crippen LogP contribution is -2.28. The number of nitro benzene ring substituents is 1. The maximum atomic E-state index is 13.5. The van der Waals surface area contributed by atoms with Gasteiger partial charge in [-0.15, -0.1) is 0 Å². The van der Waals surface area contributed by atoms with Gasteiger partial charge in [0.1, 0.15) is 0 Å². The Bertz CT molecular complexity index is 648. The van der Waals surface area contributed by atoms with Gasteiger partial charge in [-0.05, 0) is 30.7 Å². The summed E-state index contributed by atoms with van der Waals surface area (Å²) in [6.07, 6.45) is 3.02. The molecule has 1 saturated carbocycles. The summed E-state index contributed by atoms with van der Waals surface area (Å²) in [5.74, 6) is -0.272. The smallest absolute Gasteiger partial charge is 0.258 e. The lowest BCUT2D eigenvalue weighted by Gasteiger charge is -2.11. The first kappa shape index (κ1) is 15.8. The summed E-state index contributed by atoms with van der Waals surface area (Å²) >= 11 is 0. The van der Waals surface area contributed by atoms with Gasteiger partial charge in [0.2, 0.25) is 15.8 Å². The summed E-state index contributed by atoms with van der Waals surface area (Å²) in [5.41, 5.74) is -0.737. The zero-order chi connectivity index (χ0) is 15.6. The van der Waals surface area contributed by atoms with Crippen molar-refractivity contribution in [1.29, 1.82) is 0 Å². The van der Waals surface area contributed by atoms with Gasteiger partial charge in [0.15, 0.2) is 0 Å². The minimum atomic E-state index is -3.84. The van der Waals surface area contributed by atoms with Gasteiger partial charge in [0.05, 0.1) is 9.82 Å². The Kier molecular flexibility index (Phi) is 4.58. The van der Waals surface area contributed by atoms with E-state index in [0.717, 1.165) is 31.4 Å². The number of sulfonamides is 1. The maximum Gasteiger partial charge on any atom is 0.304 e. The molecule has 2 unspecified atom stereocenters. The van der Waals surface area contributed by atoms with Gasteiger partial charge in [0, 0.05) is 18.7 Å². The van der Waals surface area contributed by atoms with Crippen LogP contribution < -0.4 is 4.72 Å². The predicted molar refractivity (Wildman–Crippen MR) is 74.7 cm³/mol. The summed E-state index contributed by atoms with van der Waals surface area (Å²) in [6, 6.07) is 2.58. The van der Waals surface area contributed by atoms with Crippen LogP contribution in [0.15, 0.2) is 23.1 Å². The highest BCUT2D eigenvalue weighted by atomic mass is 32.2. The van der Waals surface area contributed by atoms with Crippen LogP contribution in [-0.4, -0.2) is 19.9 Å². The van der Waals surface area contributed by atoms with Crippen LogP contribution in [0.3, 0.4) is 0 Å². The van der Waals surface area contributed by atoms with Crippen molar-refractivity contribution < 1.29 is 17.7 Å². The number of nitro groups is 1. The zero-order valence-corrected chi connectivity index (χ0v) is 12.4. The summed E-state index contributed by atoms with van der Waals surface area (Å²) in [4.78, 5) is 9.33. The lowest BCUT2D eigenvalue weighted by molar-refractivity contribution is -0.387. The average Bonchev–Trinajstić information content (AvgIpc) is 2.82. The van der Waals surface area contributed by atoms with E-state index in [1.165, 1.54) is 0 Å². The van der Waals surface area contributed by atoms with Crippen LogP contribution in [0.25, 0.3) is 0 Å². The van der Waals surface area contributed by atoms with Gasteiger partial charge in [-0.25, -0.2) is 13.1 Å². The first-order valence-electron chi connectivity index (χ1n) is 6.73. The molecule has 0 spiro atoms. The molecular formula is C13H17FN2O4S. The third kappa shape index (κ3) is 3.76. The molecule has 0 radical (unpaired) electrons. The molecule has 116 valence electrons. The van der Waals surface area contributed by atoms with Crippen LogP contribution in [0, 0.1) is 27.8 Å². The summed E-state index contributed by atoms with van der Waals surface area (Å²) in [6.45, 7) is 2.44. The highest BCUT2D eigenvalue weighted by Crippen LogP contribution is 2.30. The number of nitrogens with one attached hydrogen (secondary N) is 1. The minimum absolute atomic E-state index is 0.290. The number of benzene rings is 1. The van der Waals surface area contributed by atoms with Crippen molar-refractivity contribution in [2.75, 3.05) is 6.54 Å². The molecule has 0 bridgehead atoms. The van der Waals surface area contributed by atoms with E-state index < -0.39 is 26.5 Å². The molecule has 0 aromatic heterocycles. The Hall–Kier alpha value is -1.54. The number of nitrogens with zero attached hydrogens (tertiary/aromatic N) is 1. The van der Waals surface area contributed by atoms with Gasteiger partial charge >= 0.3 is 5.69 Å². The van der Waals surface area contributed by atoms with E-state index in [0.29, 0.717) is 18.5 Å². The van der Waals surface area contributed by atoms with E-state index in [4.69, 9.17) is 0 Å². The van der Waals surface area contributed by atoms with Crippen molar-refractivity contribution in [2.45, 2.75) is 31.1 Å². The van der Waals surface area contributed by atoms with Crippen molar-refractivity contribution in [3.05, 3.63) is 34.1 Å². The fraction of sp³-hybridized carbons (Fsp3) is 0.538. The molecule has 1 aliphatic rings. The van der Waals surface area contributed by atoms with Crippen molar-refractivity contribution >= 4 is 15.7 Å². The van der Waals surface area contributed by atoms with Gasteiger partial charge in [-0.2, -0.15) is 4.39 Å². The molecule has 8 heteroatoms. The van der Waals surface area contributed by atoms with Gasteiger partial charge in [-0.3, -0.25) is 10.1 Å². The van der Waals surface area contributed by atoms with Crippen molar-refractivity contribution in [2.24, 2.45) is 11.8 Å². The second-order valence-corrected chi connectivity index (χ2v) is 7.27. The number of halogens is 1. The van der Waals surface area contributed by atoms with E-state index in [1.807, 2.05) is 0 Å². The molecule has 1 N–H and O–H groups in total. The number of hydrogen-bond donors (Lipinski definition) is 1. The van der Waals surface area contributed by atoms with Crippen molar-refractivity contribution in [3.8, 4) is 0 Å². The molecule has 1 aliphatic carbocycles. The van der Waals surface area contributed by atoms with Crippen LogP contribution in [0.2, 0.25) is 0 Å². The monoisotopic (exact) mass is 316 g/mol. The summed E-state index contributed by atoms with van der Waals surface area (Å²) < 4.78 is 40.1. The standard InChI is InChI=1S/C13H17FN2O4S/c1-9-2-3-10(6-9)8-15-21(19,20)11-4-5-13(16(17)18)12(14)7-11/h4-5,7,9-10,15H,2-3,6,8H2,1H3. The third-order valence-electron chi connectivity index (χ3n) is 3.79. The summed E-state index contributed by atoms with van der Waals surface area (Å²) in [5, 5.41) is 10.5. The largest absolute Gasteiger partial charge is 0.304 e. The van der Waals surface area contributed by atoms with E-state index >= 15 is 0 Å². The predicted octanol–water partition coefficient (Wildman–Crippen LogP) is 2.45. The average molecular weight is 316 g/mol. The van der Waals surface area contributed by atoms with Crippen molar-refractivity contribution in [1.82, 2.24) is 4.72 Å². The van der Waals surface area contributed by atoms with Crippen LogP contribution in [0.4, 0.5) is 10.1 Å². The van der Waals surface area contributed by atoms with Crippen LogP contribution in [-0.2, 0) is 10.0 Å². The Morgan fingerprint density at radius 2 is 2.14 bits per heavy atom. The summed E-state index contributed by atoms with van der Waals surface area (Å²) in [7, 11) is -3.84. The Labute approximate surface area is 122 Å². The first-order chi connectivity index (χ1) is 9.79. The first-order valence-corrected chi connectivity index (χ1v) is 8.21. The molecule has 6 nitrogen and oxygen atoms in total. The van der Waals surface area contributed by atoms with Crippen LogP contribution >= 0.6 is 0 Å². The van der Waals surface area contributed by atoms with E-state index in [9.17, 15) is 22.9 Å². The van der Waals surface area contributed by atoms with Gasteiger partial charge < -0.3 is 0 Å². The molecule has 2 rings (SSSR count). The van der Waals surface area contributed by atoms with E-state index in [-0.39, 0.29) is 10.8 Å². The highest BCUT2D eigenvalue weighted by molar-refractivity contribution is 7.89. The lowest BCUT2D eigenvalue weighted by atomic mass is 10.1. The molecule has 0 saturated heterocycles. The molecular weight excluding hydrogens is 299 g/mol. The van der Waals surface area contributed by atoms with Gasteiger partial charge in [0.25, 0.3) is 0 Å². The van der Waals surface area contributed by atoms with Gasteiger partial charge in [-0.1, -0.05) is 13.3 Å². The van der Waals surface area contributed by atoms with Crippen molar-refractivity contribution in [3.63, 3.8) is 0 Å². The molecule has 0 heterocycles. The molecule has 1 fully saturated rings. The van der Waals surface area contributed by atoms with E-state index in [2.05, 4.69) is 11.6 Å². The molecule has 21 heavy (non-hydrogen) atoms. The number of hydrogen-bond acceptors (Lipinski definition) is 4. The Balaban J connectivity index is 2.09. The van der Waals surface area contributed by atoms with Crippen LogP contribution in [0.5, 0.6) is 0 Å². The van der Waals surface area contributed by atoms with Crippen LogP contribution in [0.1, 0.15) is 26.2 Å². The molecule has 2 atom stereocenters. The Morgan fingerprint density at radius 3 is 2.67 bits per heavy atom. The molecule has 0 aliphatic heterocycles. The zero-order valence-electron chi connectivity index (χ0n) is 11.6. The second-order valence-electron chi connectivity index (χ2n) is 5.51. The quantitative estimate of drug-likeness (QED) is 0.667. The fourth-order valence-electron chi connectivity index (χ4n) is 2.62. The SMILES string of the molecule is CC1CCC(CNS(=O)(=O)c2ccc([N+](=O)[O-])c(F)c2)C1. The maximum absolute atomic E-state index is 13.5. The Morgan fingerprint density at radius 1 is 1.43 bits per heavy atom. The third-order valence-corrected chi connectivity index (χ3v) is 5.21. The van der Waals surface area contributed by atoms with E-state index in [1.54, 1.807) is 0 Å². The second kappa shape index (κ2) is 6.07. The topological polar surface area (TPSA) is 89.3 Å². The minimum Gasteiger partial charge on any atom is -0.258 e. The highest BCUT2D eigenvalue weighted by Gasteiger charge is 2.25. The molecule has 0 amide bonds. The molecule has 1 aromatic carbocycles. The normalized spacial score (nSPS) is 22.4. The fourth-order valence-corrected chi connectivity index (χ4v) is 3.75.